The Kier molecular flexibility index (Phi) is 4.55. The fourth-order valence-corrected chi connectivity index (χ4v) is 2.01. The van der Waals surface area contributed by atoms with E-state index in [0.717, 1.165) is 9.99 Å². The lowest BCUT2D eigenvalue weighted by Gasteiger charge is -2.12. The Morgan fingerprint density at radius 3 is 2.14 bits per heavy atom. The summed E-state index contributed by atoms with van der Waals surface area (Å²) in [6, 6.07) is 12.0. The van der Waals surface area contributed by atoms with Gasteiger partial charge in [-0.25, -0.2) is 0 Å². The normalized spacial score (nSPS) is 11.0. The van der Waals surface area contributed by atoms with Crippen LogP contribution in [-0.4, -0.2) is 37.0 Å². The van der Waals surface area contributed by atoms with Gasteiger partial charge in [0.15, 0.2) is 11.6 Å². The molecule has 0 amide bonds. The molecule has 1 heterocycles. The molecule has 9 heteroatoms. The third-order valence-corrected chi connectivity index (χ3v) is 4.09. The van der Waals surface area contributed by atoms with Crippen LogP contribution in [0.3, 0.4) is 0 Å². The lowest BCUT2D eigenvalue weighted by Crippen LogP contribution is -2.29. The summed E-state index contributed by atoms with van der Waals surface area (Å²) in [5.74, 6) is 0.580. The van der Waals surface area contributed by atoms with Gasteiger partial charge in [0.25, 0.3) is 0 Å². The minimum absolute atomic E-state index is 0.124. The largest absolute Gasteiger partial charge is 0.339 e. The number of hydrogen-bond donors (Lipinski definition) is 2. The van der Waals surface area contributed by atoms with E-state index in [1.54, 1.807) is 30.3 Å². The van der Waals surface area contributed by atoms with Crippen molar-refractivity contribution in [1.29, 1.82) is 5.26 Å². The van der Waals surface area contributed by atoms with Gasteiger partial charge in [-0.05, 0) is 36.4 Å². The van der Waals surface area contributed by atoms with E-state index in [0.29, 0.717) is 11.4 Å². The van der Waals surface area contributed by atoms with Gasteiger partial charge in [-0.15, -0.1) is 10.2 Å². The Morgan fingerprint density at radius 2 is 1.64 bits per heavy atom. The molecule has 2 N–H and O–H groups in total. The van der Waals surface area contributed by atoms with Crippen molar-refractivity contribution in [2.75, 3.05) is 24.1 Å². The molecule has 2 aromatic rings. The quantitative estimate of drug-likeness (QED) is 0.860. The molecule has 0 aliphatic heterocycles. The third-order valence-electron chi connectivity index (χ3n) is 2.67. The van der Waals surface area contributed by atoms with Crippen molar-refractivity contribution in [1.82, 2.24) is 14.5 Å². The summed E-state index contributed by atoms with van der Waals surface area (Å²) in [5.41, 5.74) is 1.31. The van der Waals surface area contributed by atoms with E-state index in [1.165, 1.54) is 20.2 Å². The number of nitriles is 1. The van der Waals surface area contributed by atoms with Crippen LogP contribution in [0.4, 0.5) is 17.3 Å². The number of nitrogens with zero attached hydrogens (tertiary/aromatic N) is 4. The minimum atomic E-state index is -3.60. The molecule has 114 valence electrons. The van der Waals surface area contributed by atoms with Crippen LogP contribution >= 0.6 is 0 Å². The van der Waals surface area contributed by atoms with Gasteiger partial charge in [-0.3, -0.25) is 4.72 Å². The molecule has 8 nitrogen and oxygen atoms in total. The van der Waals surface area contributed by atoms with Crippen LogP contribution in [0, 0.1) is 11.3 Å². The van der Waals surface area contributed by atoms with E-state index in [2.05, 4.69) is 20.2 Å². The van der Waals surface area contributed by atoms with Crippen LogP contribution in [0.15, 0.2) is 36.4 Å². The maximum Gasteiger partial charge on any atom is 0.302 e. The van der Waals surface area contributed by atoms with Crippen molar-refractivity contribution in [3.05, 3.63) is 42.0 Å². The highest BCUT2D eigenvalue weighted by Gasteiger charge is 2.13. The van der Waals surface area contributed by atoms with Crippen molar-refractivity contribution < 1.29 is 8.42 Å². The molecule has 22 heavy (non-hydrogen) atoms. The first-order valence-electron chi connectivity index (χ1n) is 6.22. The second-order valence-electron chi connectivity index (χ2n) is 4.51. The predicted molar refractivity (Wildman–Crippen MR) is 82.7 cm³/mol. The molecule has 0 aliphatic carbocycles. The number of hydrogen-bond acceptors (Lipinski definition) is 6. The highest BCUT2D eigenvalue weighted by Crippen LogP contribution is 2.15. The van der Waals surface area contributed by atoms with Crippen LogP contribution in [0.25, 0.3) is 0 Å². The Hall–Kier alpha value is -2.70. The van der Waals surface area contributed by atoms with E-state index in [9.17, 15) is 8.42 Å². The van der Waals surface area contributed by atoms with Crippen LogP contribution in [0.2, 0.25) is 0 Å². The topological polar surface area (TPSA) is 111 Å². The van der Waals surface area contributed by atoms with Crippen LogP contribution in [0.1, 0.15) is 5.56 Å². The van der Waals surface area contributed by atoms with E-state index < -0.39 is 10.2 Å². The summed E-state index contributed by atoms with van der Waals surface area (Å²) in [6.45, 7) is 0. The Morgan fingerprint density at radius 1 is 1.05 bits per heavy atom. The van der Waals surface area contributed by atoms with E-state index in [1.807, 2.05) is 6.07 Å². The molecule has 1 aromatic heterocycles. The summed E-state index contributed by atoms with van der Waals surface area (Å²) in [4.78, 5) is 0. The van der Waals surface area contributed by atoms with Gasteiger partial charge < -0.3 is 5.32 Å². The lowest BCUT2D eigenvalue weighted by atomic mass is 10.2. The van der Waals surface area contributed by atoms with E-state index in [-0.39, 0.29) is 5.82 Å². The highest BCUT2D eigenvalue weighted by molar-refractivity contribution is 7.90. The molecule has 0 radical (unpaired) electrons. The zero-order chi connectivity index (χ0) is 16.2. The molecular weight excluding hydrogens is 304 g/mol. The molecule has 1 aromatic carbocycles. The maximum absolute atomic E-state index is 11.6. The van der Waals surface area contributed by atoms with Crippen molar-refractivity contribution in [3.63, 3.8) is 0 Å². The molecule has 2 rings (SSSR count). The maximum atomic E-state index is 11.6. The first kappa shape index (κ1) is 15.7. The molecule has 0 bridgehead atoms. The predicted octanol–water partition coefficient (Wildman–Crippen LogP) is 1.31. The Labute approximate surface area is 128 Å². The molecule has 0 fully saturated rings. The highest BCUT2D eigenvalue weighted by atomic mass is 32.2. The van der Waals surface area contributed by atoms with Gasteiger partial charge >= 0.3 is 10.2 Å². The number of rotatable bonds is 5. The second kappa shape index (κ2) is 6.38. The average Bonchev–Trinajstić information content (AvgIpc) is 2.49. The van der Waals surface area contributed by atoms with Gasteiger partial charge in [-0.1, -0.05) is 0 Å². The van der Waals surface area contributed by atoms with E-state index in [4.69, 9.17) is 5.26 Å². The molecule has 0 saturated heterocycles. The second-order valence-corrected chi connectivity index (χ2v) is 6.39. The summed E-state index contributed by atoms with van der Waals surface area (Å²) >= 11 is 0. The van der Waals surface area contributed by atoms with Crippen LogP contribution in [-0.2, 0) is 10.2 Å². The van der Waals surface area contributed by atoms with Gasteiger partial charge in [-0.2, -0.15) is 18.0 Å². The fourth-order valence-electron chi connectivity index (χ4n) is 1.45. The standard InChI is InChI=1S/C13H14N6O2S/c1-19(2)22(20,21)18-13-8-7-12(16-17-13)15-11-5-3-10(9-14)4-6-11/h3-8H,1-2H3,(H,15,16)(H,17,18). The Balaban J connectivity index is 2.07. The van der Waals surface area contributed by atoms with Gasteiger partial charge in [0.1, 0.15) is 0 Å². The third kappa shape index (κ3) is 3.91. The van der Waals surface area contributed by atoms with Crippen molar-refractivity contribution >= 4 is 27.5 Å². The lowest BCUT2D eigenvalue weighted by molar-refractivity contribution is 0.526. The van der Waals surface area contributed by atoms with Gasteiger partial charge in [0.2, 0.25) is 0 Å². The van der Waals surface area contributed by atoms with Crippen molar-refractivity contribution in [3.8, 4) is 6.07 Å². The average molecular weight is 318 g/mol. The number of benzene rings is 1. The monoisotopic (exact) mass is 318 g/mol. The molecule has 0 unspecified atom stereocenters. The van der Waals surface area contributed by atoms with Crippen molar-refractivity contribution in [2.45, 2.75) is 0 Å². The van der Waals surface area contributed by atoms with Crippen LogP contribution < -0.4 is 10.0 Å². The zero-order valence-electron chi connectivity index (χ0n) is 12.0. The van der Waals surface area contributed by atoms with E-state index >= 15 is 0 Å². The number of nitrogens with one attached hydrogen (secondary N) is 2. The SMILES string of the molecule is CN(C)S(=O)(=O)Nc1ccc(Nc2ccc(C#N)cc2)nn1. The zero-order valence-corrected chi connectivity index (χ0v) is 12.8. The van der Waals surface area contributed by atoms with Gasteiger partial charge in [0, 0.05) is 19.8 Å². The first-order valence-corrected chi connectivity index (χ1v) is 7.66. The molecule has 0 atom stereocenters. The summed E-state index contributed by atoms with van der Waals surface area (Å²) in [6.07, 6.45) is 0. The summed E-state index contributed by atoms with van der Waals surface area (Å²) < 4.78 is 26.6. The molecular formula is C13H14N6O2S. The van der Waals surface area contributed by atoms with Crippen LogP contribution in [0.5, 0.6) is 0 Å². The Bertz CT molecular complexity index is 779. The fraction of sp³-hybridized carbons (Fsp3) is 0.154. The summed E-state index contributed by atoms with van der Waals surface area (Å²) in [7, 11) is -0.774. The first-order chi connectivity index (χ1) is 10.4. The smallest absolute Gasteiger partial charge is 0.302 e. The number of aromatic nitrogens is 2. The number of anilines is 3. The molecule has 0 saturated carbocycles. The molecule has 0 aliphatic rings. The van der Waals surface area contributed by atoms with Gasteiger partial charge in [0.05, 0.1) is 11.6 Å². The van der Waals surface area contributed by atoms with Crippen molar-refractivity contribution in [2.24, 2.45) is 0 Å². The molecule has 0 spiro atoms. The minimum Gasteiger partial charge on any atom is -0.339 e. The summed E-state index contributed by atoms with van der Waals surface area (Å²) in [5, 5.41) is 19.4.